The van der Waals surface area contributed by atoms with E-state index in [0.717, 1.165) is 43.9 Å². The van der Waals surface area contributed by atoms with Gasteiger partial charge in [0, 0.05) is 30.1 Å². The smallest absolute Gasteiger partial charge is 0.172 e. The quantitative estimate of drug-likeness (QED) is 0.823. The van der Waals surface area contributed by atoms with Crippen molar-refractivity contribution in [1.29, 1.82) is 0 Å². The van der Waals surface area contributed by atoms with Gasteiger partial charge in [0.2, 0.25) is 0 Å². The summed E-state index contributed by atoms with van der Waals surface area (Å²) in [4.78, 5) is 9.24. The largest absolute Gasteiger partial charge is 0.366 e. The first-order valence-electron chi connectivity index (χ1n) is 11.1. The van der Waals surface area contributed by atoms with Crippen molar-refractivity contribution >= 4 is 5.84 Å². The summed E-state index contributed by atoms with van der Waals surface area (Å²) < 4.78 is 0. The first kappa shape index (κ1) is 21.1. The molecule has 2 aliphatic rings. The number of amidine groups is 1. The lowest BCUT2D eigenvalue weighted by atomic mass is 9.74. The highest BCUT2D eigenvalue weighted by molar-refractivity contribution is 6.02. The number of hydrogen-bond acceptors (Lipinski definition) is 4. The van der Waals surface area contributed by atoms with E-state index < -0.39 is 5.72 Å². The van der Waals surface area contributed by atoms with E-state index in [-0.39, 0.29) is 11.3 Å². The van der Waals surface area contributed by atoms with E-state index in [2.05, 4.69) is 93.2 Å². The van der Waals surface area contributed by atoms with Gasteiger partial charge in [-0.05, 0) is 50.0 Å². The molecule has 4 rings (SSSR count). The average molecular weight is 406 g/mol. The summed E-state index contributed by atoms with van der Waals surface area (Å²) in [5, 5.41) is 12.5. The van der Waals surface area contributed by atoms with E-state index >= 15 is 0 Å². The number of aliphatic imine (C=N–C) groups is 1. The highest BCUT2D eigenvalue weighted by Crippen LogP contribution is 2.48. The van der Waals surface area contributed by atoms with Crippen molar-refractivity contribution in [2.24, 2.45) is 4.99 Å². The summed E-state index contributed by atoms with van der Waals surface area (Å²) in [6.07, 6.45) is 1.85. The van der Waals surface area contributed by atoms with Crippen molar-refractivity contribution < 1.29 is 5.11 Å². The molecule has 2 heterocycles. The van der Waals surface area contributed by atoms with Crippen LogP contribution in [-0.2, 0) is 11.1 Å². The SMILES string of the molecule is CN(C)CCC1c2ccccc2C2=NCCCN2C1(O)c1ccc(C(C)(C)C)cc1. The third kappa shape index (κ3) is 3.57. The van der Waals surface area contributed by atoms with Crippen LogP contribution in [0.25, 0.3) is 0 Å². The van der Waals surface area contributed by atoms with Crippen molar-refractivity contribution in [3.8, 4) is 0 Å². The number of aliphatic hydroxyl groups is 1. The van der Waals surface area contributed by atoms with E-state index in [0.29, 0.717) is 0 Å². The predicted molar refractivity (Wildman–Crippen MR) is 124 cm³/mol. The third-order valence-electron chi connectivity index (χ3n) is 6.57. The Morgan fingerprint density at radius 2 is 1.80 bits per heavy atom. The van der Waals surface area contributed by atoms with Gasteiger partial charge in [-0.2, -0.15) is 0 Å². The third-order valence-corrected chi connectivity index (χ3v) is 6.57. The fourth-order valence-electron chi connectivity index (χ4n) is 4.89. The molecule has 160 valence electrons. The molecule has 4 nitrogen and oxygen atoms in total. The van der Waals surface area contributed by atoms with Gasteiger partial charge < -0.3 is 14.9 Å². The normalized spacial score (nSPS) is 23.8. The van der Waals surface area contributed by atoms with E-state index in [9.17, 15) is 5.11 Å². The number of benzene rings is 2. The second kappa shape index (κ2) is 7.82. The summed E-state index contributed by atoms with van der Waals surface area (Å²) in [5.74, 6) is 0.925. The summed E-state index contributed by atoms with van der Waals surface area (Å²) in [5.41, 5.74) is 3.62. The maximum atomic E-state index is 12.5. The number of hydrogen-bond donors (Lipinski definition) is 1. The topological polar surface area (TPSA) is 39.1 Å². The molecule has 2 aromatic rings. The molecule has 0 fully saturated rings. The van der Waals surface area contributed by atoms with Gasteiger partial charge in [-0.1, -0.05) is 69.3 Å². The van der Waals surface area contributed by atoms with Crippen LogP contribution in [0, 0.1) is 0 Å². The van der Waals surface area contributed by atoms with Crippen LogP contribution >= 0.6 is 0 Å². The molecule has 0 saturated heterocycles. The van der Waals surface area contributed by atoms with Crippen molar-refractivity contribution in [3.05, 3.63) is 70.8 Å². The van der Waals surface area contributed by atoms with Gasteiger partial charge in [0.05, 0.1) is 0 Å². The highest BCUT2D eigenvalue weighted by Gasteiger charge is 2.51. The lowest BCUT2D eigenvalue weighted by Gasteiger charge is -2.52. The molecule has 1 N–H and O–H groups in total. The summed E-state index contributed by atoms with van der Waals surface area (Å²) in [6.45, 7) is 9.24. The van der Waals surface area contributed by atoms with Crippen molar-refractivity contribution in [2.45, 2.75) is 50.7 Å². The van der Waals surface area contributed by atoms with Gasteiger partial charge >= 0.3 is 0 Å². The molecule has 2 aromatic carbocycles. The number of rotatable bonds is 4. The monoisotopic (exact) mass is 405 g/mol. The molecule has 4 heteroatoms. The molecule has 0 aromatic heterocycles. The van der Waals surface area contributed by atoms with E-state index in [4.69, 9.17) is 4.99 Å². The maximum absolute atomic E-state index is 12.5. The minimum atomic E-state index is -1.10. The molecule has 0 amide bonds. The van der Waals surface area contributed by atoms with Gasteiger partial charge in [0.15, 0.2) is 5.72 Å². The maximum Gasteiger partial charge on any atom is 0.172 e. The van der Waals surface area contributed by atoms with E-state index in [1.54, 1.807) is 0 Å². The zero-order valence-electron chi connectivity index (χ0n) is 19.0. The minimum absolute atomic E-state index is 0.0198. The van der Waals surface area contributed by atoms with Crippen LogP contribution in [0.4, 0.5) is 0 Å². The van der Waals surface area contributed by atoms with Gasteiger partial charge in [0.1, 0.15) is 5.84 Å². The van der Waals surface area contributed by atoms with Crippen LogP contribution in [0.15, 0.2) is 53.5 Å². The summed E-state index contributed by atoms with van der Waals surface area (Å²) >= 11 is 0. The second-order valence-electron chi connectivity index (χ2n) is 10.00. The average Bonchev–Trinajstić information content (AvgIpc) is 2.73. The summed E-state index contributed by atoms with van der Waals surface area (Å²) in [7, 11) is 4.19. The second-order valence-corrected chi connectivity index (χ2v) is 10.00. The Bertz CT molecular complexity index is 926. The Balaban J connectivity index is 1.87. The molecular weight excluding hydrogens is 370 g/mol. The Hall–Kier alpha value is -2.17. The number of nitrogens with zero attached hydrogens (tertiary/aromatic N) is 3. The van der Waals surface area contributed by atoms with Gasteiger partial charge in [-0.25, -0.2) is 0 Å². The van der Waals surface area contributed by atoms with Crippen LogP contribution in [-0.4, -0.2) is 54.5 Å². The standard InChI is InChI=1S/C26H35N3O/c1-25(2,3)19-11-13-20(14-12-19)26(30)23(15-18-28(4)5)21-9-6-7-10-22(21)24-27-16-8-17-29(24)26/h6-7,9-14,23,30H,8,15-18H2,1-5H3. The summed E-state index contributed by atoms with van der Waals surface area (Å²) in [6, 6.07) is 17.1. The van der Waals surface area contributed by atoms with E-state index in [1.165, 1.54) is 16.7 Å². The Morgan fingerprint density at radius 1 is 1.10 bits per heavy atom. The van der Waals surface area contributed by atoms with Crippen LogP contribution in [0.3, 0.4) is 0 Å². The van der Waals surface area contributed by atoms with Gasteiger partial charge in [-0.3, -0.25) is 4.99 Å². The van der Waals surface area contributed by atoms with E-state index in [1.807, 2.05) is 0 Å². The molecule has 2 unspecified atom stereocenters. The zero-order valence-corrected chi connectivity index (χ0v) is 19.0. The first-order chi connectivity index (χ1) is 14.2. The molecule has 0 radical (unpaired) electrons. The van der Waals surface area contributed by atoms with Crippen LogP contribution in [0.2, 0.25) is 0 Å². The Kier molecular flexibility index (Phi) is 5.50. The van der Waals surface area contributed by atoms with Crippen molar-refractivity contribution in [3.63, 3.8) is 0 Å². The number of fused-ring (bicyclic) bond motifs is 3. The van der Waals surface area contributed by atoms with Crippen LogP contribution in [0.5, 0.6) is 0 Å². The molecule has 2 atom stereocenters. The lowest BCUT2D eigenvalue weighted by Crippen LogP contribution is -2.58. The lowest BCUT2D eigenvalue weighted by molar-refractivity contribution is -0.109. The molecule has 0 bridgehead atoms. The minimum Gasteiger partial charge on any atom is -0.366 e. The molecule has 0 saturated carbocycles. The van der Waals surface area contributed by atoms with Gasteiger partial charge in [-0.15, -0.1) is 0 Å². The zero-order chi connectivity index (χ0) is 21.5. The molecule has 2 aliphatic heterocycles. The van der Waals surface area contributed by atoms with Crippen LogP contribution in [0.1, 0.15) is 61.8 Å². The molecular formula is C26H35N3O. The van der Waals surface area contributed by atoms with Crippen molar-refractivity contribution in [1.82, 2.24) is 9.80 Å². The predicted octanol–water partition coefficient (Wildman–Crippen LogP) is 4.33. The van der Waals surface area contributed by atoms with Crippen molar-refractivity contribution in [2.75, 3.05) is 33.7 Å². The highest BCUT2D eigenvalue weighted by atomic mass is 16.3. The Morgan fingerprint density at radius 3 is 2.47 bits per heavy atom. The fraction of sp³-hybridized carbons (Fsp3) is 0.500. The fourth-order valence-corrected chi connectivity index (χ4v) is 4.89. The van der Waals surface area contributed by atoms with Crippen LogP contribution < -0.4 is 0 Å². The Labute approximate surface area is 181 Å². The van der Waals surface area contributed by atoms with Gasteiger partial charge in [0.25, 0.3) is 0 Å². The molecule has 0 spiro atoms. The first-order valence-corrected chi connectivity index (χ1v) is 11.1. The molecule has 30 heavy (non-hydrogen) atoms. The molecule has 0 aliphatic carbocycles.